The molecule has 1 aromatic heterocycles. The lowest BCUT2D eigenvalue weighted by Crippen LogP contribution is -2.39. The lowest BCUT2D eigenvalue weighted by Gasteiger charge is -2.17. The third-order valence-corrected chi connectivity index (χ3v) is 7.68. The summed E-state index contributed by atoms with van der Waals surface area (Å²) in [6.07, 6.45) is 4.86. The van der Waals surface area contributed by atoms with Crippen LogP contribution in [0, 0.1) is 23.7 Å². The van der Waals surface area contributed by atoms with Crippen LogP contribution in [-0.2, 0) is 19.1 Å². The van der Waals surface area contributed by atoms with E-state index in [0.717, 1.165) is 16.9 Å². The fraction of sp³-hybridized carbons (Fsp3) is 0.360. The van der Waals surface area contributed by atoms with E-state index in [1.165, 1.54) is 11.3 Å². The Balaban J connectivity index is 1.36. The van der Waals surface area contributed by atoms with Gasteiger partial charge in [0.25, 0.3) is 0 Å². The van der Waals surface area contributed by atoms with Crippen LogP contribution in [-0.4, -0.2) is 48.9 Å². The number of carbonyl (C=O) groups excluding carboxylic acids is 4. The van der Waals surface area contributed by atoms with Gasteiger partial charge in [0.2, 0.25) is 17.7 Å². The van der Waals surface area contributed by atoms with Crippen molar-refractivity contribution in [1.82, 2.24) is 4.90 Å². The number of nitrogens with one attached hydrogen (secondary N) is 1. The van der Waals surface area contributed by atoms with Gasteiger partial charge in [-0.3, -0.25) is 19.3 Å². The Kier molecular flexibility index (Phi) is 5.73. The van der Waals surface area contributed by atoms with E-state index in [4.69, 9.17) is 9.47 Å². The molecule has 3 aliphatic rings. The number of rotatable bonds is 7. The number of anilines is 1. The van der Waals surface area contributed by atoms with Gasteiger partial charge in [0.15, 0.2) is 0 Å². The third-order valence-electron chi connectivity index (χ3n) is 6.79. The Morgan fingerprint density at radius 1 is 1.09 bits per heavy atom. The average Bonchev–Trinajstić information content (AvgIpc) is 3.60. The van der Waals surface area contributed by atoms with Crippen molar-refractivity contribution in [2.45, 2.75) is 13.3 Å². The summed E-state index contributed by atoms with van der Waals surface area (Å²) >= 11 is 1.19. The van der Waals surface area contributed by atoms with Crippen molar-refractivity contribution in [3.63, 3.8) is 0 Å². The molecular formula is C25H24N2O6S. The standard InChI is InChI=1S/C25H24N2O6S/c1-3-33-25(31)21-17(13-6-8-16(32-2)9-7-13)12-34-22(21)26-18(28)11-27-23(29)19-14-4-5-15(10-14)20(19)24(27)30/h4-9,12,14-15,19-20H,3,10-11H2,1-2H3,(H,26,28). The van der Waals surface area contributed by atoms with Crippen molar-refractivity contribution in [3.8, 4) is 16.9 Å². The SMILES string of the molecule is CCOC(=O)c1c(-c2ccc(OC)cc2)csc1NC(=O)CN1C(=O)C2C3C=CC(C3)C2C1=O. The van der Waals surface area contributed by atoms with E-state index >= 15 is 0 Å². The van der Waals surface area contributed by atoms with Gasteiger partial charge < -0.3 is 14.8 Å². The molecule has 2 aromatic rings. The molecule has 2 bridgehead atoms. The Labute approximate surface area is 200 Å². The molecule has 1 saturated heterocycles. The largest absolute Gasteiger partial charge is 0.497 e. The molecule has 1 N–H and O–H groups in total. The first-order chi connectivity index (χ1) is 16.4. The van der Waals surface area contributed by atoms with Crippen LogP contribution in [0.1, 0.15) is 23.7 Å². The molecule has 176 valence electrons. The van der Waals surface area contributed by atoms with Gasteiger partial charge in [0, 0.05) is 10.9 Å². The minimum atomic E-state index is -0.560. The van der Waals surface area contributed by atoms with Crippen LogP contribution in [0.5, 0.6) is 5.75 Å². The van der Waals surface area contributed by atoms with Crippen LogP contribution >= 0.6 is 11.3 Å². The van der Waals surface area contributed by atoms with Crippen LogP contribution in [0.2, 0.25) is 0 Å². The van der Waals surface area contributed by atoms with Gasteiger partial charge in [0.1, 0.15) is 22.9 Å². The molecule has 8 nitrogen and oxygen atoms in total. The van der Waals surface area contributed by atoms with Crippen LogP contribution < -0.4 is 10.1 Å². The molecule has 1 aromatic carbocycles. The number of methoxy groups -OCH3 is 1. The number of allylic oxidation sites excluding steroid dienone is 2. The zero-order valence-corrected chi connectivity index (χ0v) is 19.6. The summed E-state index contributed by atoms with van der Waals surface area (Å²) < 4.78 is 10.4. The molecule has 5 rings (SSSR count). The second kappa shape index (κ2) is 8.72. The molecule has 2 heterocycles. The smallest absolute Gasteiger partial charge is 0.341 e. The Morgan fingerprint density at radius 3 is 2.32 bits per heavy atom. The quantitative estimate of drug-likeness (QED) is 0.371. The molecule has 1 saturated carbocycles. The maximum Gasteiger partial charge on any atom is 0.341 e. The van der Waals surface area contributed by atoms with Gasteiger partial charge in [0.05, 0.1) is 25.6 Å². The van der Waals surface area contributed by atoms with E-state index in [1.54, 1.807) is 31.5 Å². The summed E-state index contributed by atoms with van der Waals surface area (Å²) in [7, 11) is 1.57. The van der Waals surface area contributed by atoms with Gasteiger partial charge in [-0.25, -0.2) is 4.79 Å². The molecule has 0 radical (unpaired) electrons. The van der Waals surface area contributed by atoms with Gasteiger partial charge >= 0.3 is 5.97 Å². The van der Waals surface area contributed by atoms with E-state index in [-0.39, 0.29) is 54.2 Å². The highest BCUT2D eigenvalue weighted by Crippen LogP contribution is 2.52. The lowest BCUT2D eigenvalue weighted by molar-refractivity contribution is -0.143. The molecule has 4 atom stereocenters. The van der Waals surface area contributed by atoms with E-state index in [1.807, 2.05) is 24.3 Å². The fourth-order valence-electron chi connectivity index (χ4n) is 5.27. The summed E-state index contributed by atoms with van der Waals surface area (Å²) in [5, 5.41) is 4.81. The monoisotopic (exact) mass is 480 g/mol. The highest BCUT2D eigenvalue weighted by Gasteiger charge is 2.59. The van der Waals surface area contributed by atoms with Crippen LogP contribution in [0.4, 0.5) is 5.00 Å². The molecule has 1 aliphatic heterocycles. The average molecular weight is 481 g/mol. The highest BCUT2D eigenvalue weighted by atomic mass is 32.1. The number of ether oxygens (including phenoxy) is 2. The molecule has 2 fully saturated rings. The molecule has 4 unspecified atom stereocenters. The highest BCUT2D eigenvalue weighted by molar-refractivity contribution is 7.15. The minimum Gasteiger partial charge on any atom is -0.497 e. The number of hydrogen-bond donors (Lipinski definition) is 1. The van der Waals surface area contributed by atoms with E-state index in [9.17, 15) is 19.2 Å². The number of thiophene rings is 1. The number of likely N-dealkylation sites (tertiary alicyclic amines) is 1. The summed E-state index contributed by atoms with van der Waals surface area (Å²) in [5.74, 6) is -1.51. The number of hydrogen-bond acceptors (Lipinski definition) is 7. The fourth-order valence-corrected chi connectivity index (χ4v) is 6.24. The Bertz CT molecular complexity index is 1170. The lowest BCUT2D eigenvalue weighted by atomic mass is 9.85. The van der Waals surface area contributed by atoms with E-state index in [2.05, 4.69) is 5.32 Å². The second-order valence-electron chi connectivity index (χ2n) is 8.61. The van der Waals surface area contributed by atoms with Crippen molar-refractivity contribution in [2.75, 3.05) is 25.6 Å². The molecule has 9 heteroatoms. The van der Waals surface area contributed by atoms with Crippen molar-refractivity contribution in [3.05, 3.63) is 47.4 Å². The summed E-state index contributed by atoms with van der Waals surface area (Å²) in [5.41, 5.74) is 1.62. The first-order valence-corrected chi connectivity index (χ1v) is 12.1. The normalized spacial score (nSPS) is 24.5. The molecule has 3 amide bonds. The third kappa shape index (κ3) is 3.60. The predicted octanol–water partition coefficient (Wildman–Crippen LogP) is 3.35. The first kappa shape index (κ1) is 22.3. The number of carbonyl (C=O) groups is 4. The van der Waals surface area contributed by atoms with Gasteiger partial charge in [-0.05, 0) is 42.9 Å². The van der Waals surface area contributed by atoms with Crippen LogP contribution in [0.15, 0.2) is 41.8 Å². The first-order valence-electron chi connectivity index (χ1n) is 11.2. The van der Waals surface area contributed by atoms with Crippen molar-refractivity contribution < 1.29 is 28.7 Å². The van der Waals surface area contributed by atoms with Crippen molar-refractivity contribution >= 4 is 40.0 Å². The molecular weight excluding hydrogens is 456 g/mol. The zero-order valence-electron chi connectivity index (χ0n) is 18.8. The summed E-state index contributed by atoms with van der Waals surface area (Å²) in [4.78, 5) is 52.5. The Morgan fingerprint density at radius 2 is 1.74 bits per heavy atom. The number of fused-ring (bicyclic) bond motifs is 5. The van der Waals surface area contributed by atoms with E-state index < -0.39 is 11.9 Å². The van der Waals surface area contributed by atoms with Crippen LogP contribution in [0.25, 0.3) is 11.1 Å². The maximum atomic E-state index is 12.9. The number of benzene rings is 1. The summed E-state index contributed by atoms with van der Waals surface area (Å²) in [6, 6.07) is 7.20. The number of amides is 3. The zero-order chi connectivity index (χ0) is 24.0. The summed E-state index contributed by atoms with van der Waals surface area (Å²) in [6.45, 7) is 1.52. The van der Waals surface area contributed by atoms with E-state index in [0.29, 0.717) is 16.3 Å². The maximum absolute atomic E-state index is 12.9. The molecule has 2 aliphatic carbocycles. The molecule has 0 spiro atoms. The number of nitrogens with zero attached hydrogens (tertiary/aromatic N) is 1. The number of esters is 1. The topological polar surface area (TPSA) is 102 Å². The van der Waals surface area contributed by atoms with Gasteiger partial charge in [-0.2, -0.15) is 0 Å². The van der Waals surface area contributed by atoms with Gasteiger partial charge in [-0.1, -0.05) is 24.3 Å². The van der Waals surface area contributed by atoms with Gasteiger partial charge in [-0.15, -0.1) is 11.3 Å². The predicted molar refractivity (Wildman–Crippen MR) is 125 cm³/mol. The Hall–Kier alpha value is -3.46. The molecule has 34 heavy (non-hydrogen) atoms. The van der Waals surface area contributed by atoms with Crippen molar-refractivity contribution in [1.29, 1.82) is 0 Å². The van der Waals surface area contributed by atoms with Crippen LogP contribution in [0.3, 0.4) is 0 Å². The second-order valence-corrected chi connectivity index (χ2v) is 9.49. The minimum absolute atomic E-state index is 0.0827. The number of imide groups is 1. The van der Waals surface area contributed by atoms with Crippen molar-refractivity contribution in [2.24, 2.45) is 23.7 Å².